The van der Waals surface area contributed by atoms with Gasteiger partial charge in [0.2, 0.25) is 0 Å². The van der Waals surface area contributed by atoms with Gasteiger partial charge in [-0.1, -0.05) is 0 Å². The SMILES string of the molecule is [C-]#N.[Cu+].[H-].[H-].[H-].[Na+].[Na+].[Na+]. The Morgan fingerprint density at radius 2 is 1.00 bits per heavy atom. The van der Waals surface area contributed by atoms with Gasteiger partial charge in [-0.3, -0.25) is 0 Å². The van der Waals surface area contributed by atoms with Crippen molar-refractivity contribution in [2.24, 2.45) is 0 Å². The summed E-state index contributed by atoms with van der Waals surface area (Å²) in [6.07, 6.45) is 0. The zero-order chi connectivity index (χ0) is 2.00. The normalized spacial score (nSPS) is 0.333. The summed E-state index contributed by atoms with van der Waals surface area (Å²) in [5, 5.41) is 6.25. The number of nitrogens with zero attached hydrogens (tertiary/aromatic N) is 1. The fourth-order valence-corrected chi connectivity index (χ4v) is 0. The second kappa shape index (κ2) is 43.5. The summed E-state index contributed by atoms with van der Waals surface area (Å²) in [5.74, 6) is 0. The summed E-state index contributed by atoms with van der Waals surface area (Å²) in [5.41, 5.74) is 0. The predicted octanol–water partition coefficient (Wildman–Crippen LogP) is -8.56. The van der Waals surface area contributed by atoms with Gasteiger partial charge in [-0.25, -0.2) is 0 Å². The van der Waals surface area contributed by atoms with Crippen molar-refractivity contribution in [1.29, 1.82) is 5.26 Å². The van der Waals surface area contributed by atoms with Crippen LogP contribution in [0.1, 0.15) is 4.28 Å². The molecule has 0 atom stereocenters. The van der Waals surface area contributed by atoms with Gasteiger partial charge in [-0.15, -0.1) is 0 Å². The first-order valence-electron chi connectivity index (χ1n) is 0.224. The van der Waals surface area contributed by atoms with Crippen molar-refractivity contribution in [3.63, 3.8) is 0 Å². The van der Waals surface area contributed by atoms with Crippen molar-refractivity contribution in [1.82, 2.24) is 0 Å². The van der Waals surface area contributed by atoms with Gasteiger partial charge in [0.15, 0.2) is 0 Å². The Morgan fingerprint density at radius 1 is 1.00 bits per heavy atom. The molecule has 0 bridgehead atoms. The van der Waals surface area contributed by atoms with Gasteiger partial charge in [0.25, 0.3) is 0 Å². The molecule has 26 valence electrons. The van der Waals surface area contributed by atoms with Crippen molar-refractivity contribution < 1.29 is 110 Å². The average molecular weight is 162 g/mol. The third-order valence-electron chi connectivity index (χ3n) is 0. The van der Waals surface area contributed by atoms with Gasteiger partial charge in [0.05, 0.1) is 0 Å². The van der Waals surface area contributed by atoms with Crippen LogP contribution in [0.3, 0.4) is 0 Å². The van der Waals surface area contributed by atoms with Crippen molar-refractivity contribution in [2.45, 2.75) is 0 Å². The topological polar surface area (TPSA) is 23.8 Å². The van der Waals surface area contributed by atoms with E-state index in [9.17, 15) is 0 Å². The van der Waals surface area contributed by atoms with Gasteiger partial charge in [0, 0.05) is 0 Å². The van der Waals surface area contributed by atoms with E-state index in [0.717, 1.165) is 0 Å². The van der Waals surface area contributed by atoms with Crippen LogP contribution in [0.25, 0.3) is 0 Å². The molecule has 5 heteroatoms. The number of hydrogen-bond acceptors (Lipinski definition) is 1. The van der Waals surface area contributed by atoms with Crippen LogP contribution >= 0.6 is 0 Å². The van der Waals surface area contributed by atoms with Crippen LogP contribution < -0.4 is 88.7 Å². The zero-order valence-electron chi connectivity index (χ0n) is 7.25. The largest absolute Gasteiger partial charge is 1.00 e. The van der Waals surface area contributed by atoms with E-state index >= 15 is 0 Å². The maximum atomic E-state index is 6.25. The second-order valence-corrected chi connectivity index (χ2v) is 0. The Bertz CT molecular complexity index is 23.8. The van der Waals surface area contributed by atoms with Crippen LogP contribution in [-0.4, -0.2) is 0 Å². The molecule has 0 saturated heterocycles. The molecule has 0 fully saturated rings. The molecule has 0 N–H and O–H groups in total. The van der Waals surface area contributed by atoms with Gasteiger partial charge in [0.1, 0.15) is 0 Å². The molecule has 0 aromatic heterocycles. The summed E-state index contributed by atoms with van der Waals surface area (Å²) in [6.45, 7) is 4.75. The van der Waals surface area contributed by atoms with Gasteiger partial charge >= 0.3 is 106 Å². The third-order valence-corrected chi connectivity index (χ3v) is 0. The minimum atomic E-state index is 0. The van der Waals surface area contributed by atoms with Gasteiger partial charge in [-0.05, 0) is 0 Å². The molecular weight excluding hydrogens is 159 g/mol. The molecule has 0 unspecified atom stereocenters. The zero-order valence-corrected chi connectivity index (χ0v) is 11.2. The molecule has 0 aliphatic rings. The standard InChI is InChI=1S/CN.Cu.3Na.3H/c1-2;;;;;;;/q-1;4*+1;3*-1. The van der Waals surface area contributed by atoms with Gasteiger partial charge in [-0.2, -0.15) is 0 Å². The van der Waals surface area contributed by atoms with Crippen LogP contribution in [0.5, 0.6) is 0 Å². The molecule has 0 radical (unpaired) electrons. The Balaban J connectivity index is -0.000000000238. The van der Waals surface area contributed by atoms with E-state index in [2.05, 4.69) is 0 Å². The summed E-state index contributed by atoms with van der Waals surface area (Å²) in [7, 11) is 0. The van der Waals surface area contributed by atoms with Crippen LogP contribution in [0.2, 0.25) is 0 Å². The molecule has 0 spiro atoms. The maximum Gasteiger partial charge on any atom is 1.00 e. The summed E-state index contributed by atoms with van der Waals surface area (Å²) < 4.78 is 0. The third kappa shape index (κ3) is 27.9. The van der Waals surface area contributed by atoms with Crippen LogP contribution in [0.15, 0.2) is 0 Å². The van der Waals surface area contributed by atoms with Gasteiger partial charge < -0.3 is 16.1 Å². The van der Waals surface area contributed by atoms with E-state index in [4.69, 9.17) is 11.8 Å². The first-order valence-corrected chi connectivity index (χ1v) is 0.224. The second-order valence-electron chi connectivity index (χ2n) is 0. The molecule has 0 saturated carbocycles. The molecule has 0 heterocycles. The van der Waals surface area contributed by atoms with E-state index in [-0.39, 0.29) is 110 Å². The Kier molecular flexibility index (Phi) is 260. The molecule has 0 amide bonds. The molecule has 0 aliphatic heterocycles. The maximum absolute atomic E-state index is 6.25. The van der Waals surface area contributed by atoms with Crippen molar-refractivity contribution in [2.75, 3.05) is 0 Å². The molecule has 0 aliphatic carbocycles. The van der Waals surface area contributed by atoms with E-state index in [0.29, 0.717) is 0 Å². The van der Waals surface area contributed by atoms with Crippen LogP contribution in [0.4, 0.5) is 0 Å². The van der Waals surface area contributed by atoms with Crippen molar-refractivity contribution in [3.05, 3.63) is 6.57 Å². The van der Waals surface area contributed by atoms with E-state index in [1.807, 2.05) is 0 Å². The Hall–Kier alpha value is 3.01. The summed E-state index contributed by atoms with van der Waals surface area (Å²) in [4.78, 5) is 0. The molecule has 0 rings (SSSR count). The quantitative estimate of drug-likeness (QED) is 0.256. The molecule has 1 nitrogen and oxygen atoms in total. The average Bonchev–Trinajstić information content (AvgIpc) is 1.00. The summed E-state index contributed by atoms with van der Waals surface area (Å²) in [6, 6.07) is 0. The summed E-state index contributed by atoms with van der Waals surface area (Å²) >= 11 is 0. The number of hydrogen-bond donors (Lipinski definition) is 0. The van der Waals surface area contributed by atoms with E-state index in [1.165, 1.54) is 0 Å². The fraction of sp³-hybridized carbons (Fsp3) is 0. The molecule has 0 aromatic carbocycles. The molecule has 0 aromatic rings. The number of rotatable bonds is 0. The van der Waals surface area contributed by atoms with Crippen molar-refractivity contribution >= 4 is 0 Å². The Morgan fingerprint density at radius 3 is 1.00 bits per heavy atom. The minimum absolute atomic E-state index is 0. The van der Waals surface area contributed by atoms with Crippen LogP contribution in [0, 0.1) is 11.8 Å². The first kappa shape index (κ1) is 36.0. The van der Waals surface area contributed by atoms with E-state index < -0.39 is 0 Å². The molecular formula is CH3CuNNa3. The Labute approximate surface area is 119 Å². The first-order chi connectivity index (χ1) is 1.00. The van der Waals surface area contributed by atoms with Crippen LogP contribution in [-0.2, 0) is 17.1 Å². The molecule has 6 heavy (non-hydrogen) atoms. The van der Waals surface area contributed by atoms with E-state index in [1.54, 1.807) is 0 Å². The van der Waals surface area contributed by atoms with Crippen molar-refractivity contribution in [3.8, 4) is 0 Å². The monoisotopic (exact) mass is 161 g/mol. The smallest absolute Gasteiger partial charge is 1.00 e. The fourth-order valence-electron chi connectivity index (χ4n) is 0. The minimum Gasteiger partial charge on any atom is -1.00 e. The predicted molar refractivity (Wildman–Crippen MR) is 8.30 cm³/mol.